The lowest BCUT2D eigenvalue weighted by molar-refractivity contribution is -0.121. The highest BCUT2D eigenvalue weighted by Gasteiger charge is 2.20. The van der Waals surface area contributed by atoms with Gasteiger partial charge in [-0.15, -0.1) is 0 Å². The van der Waals surface area contributed by atoms with Gasteiger partial charge in [-0.1, -0.05) is 60.7 Å². The zero-order valence-corrected chi connectivity index (χ0v) is 22.1. The van der Waals surface area contributed by atoms with Crippen LogP contribution in [0.15, 0.2) is 77.7 Å². The first-order valence-electron chi connectivity index (χ1n) is 11.8. The molecule has 2 amide bonds. The van der Waals surface area contributed by atoms with Crippen LogP contribution in [0.2, 0.25) is 0 Å². The molecule has 3 aromatic carbocycles. The van der Waals surface area contributed by atoms with Crippen molar-refractivity contribution in [1.82, 2.24) is 15.4 Å². The number of amides is 2. The molecule has 0 aromatic heterocycles. The summed E-state index contributed by atoms with van der Waals surface area (Å²) in [7, 11) is -3.97. The van der Waals surface area contributed by atoms with E-state index >= 15 is 0 Å². The minimum atomic E-state index is -3.97. The fraction of sp³-hybridized carbons (Fsp3) is 0.259. The van der Waals surface area contributed by atoms with Crippen LogP contribution in [-0.4, -0.2) is 38.6 Å². The molecule has 0 unspecified atom stereocenters. The predicted octanol–water partition coefficient (Wildman–Crippen LogP) is 3.45. The highest BCUT2D eigenvalue weighted by molar-refractivity contribution is 7.90. The summed E-state index contributed by atoms with van der Waals surface area (Å²) in [5, 5.41) is 5.84. The predicted molar refractivity (Wildman–Crippen MR) is 145 cm³/mol. The lowest BCUT2D eigenvalue weighted by Gasteiger charge is -2.13. The van der Waals surface area contributed by atoms with Gasteiger partial charge in [0.25, 0.3) is 10.0 Å². The van der Waals surface area contributed by atoms with Crippen molar-refractivity contribution in [1.29, 1.82) is 0 Å². The molecule has 3 aromatic rings. The summed E-state index contributed by atoms with van der Waals surface area (Å²) >= 11 is 4.44. The molecule has 0 aliphatic rings. The van der Waals surface area contributed by atoms with Gasteiger partial charge in [-0.05, 0) is 35.2 Å². The first-order valence-corrected chi connectivity index (χ1v) is 13.8. The topological polar surface area (TPSA) is 104 Å². The number of rotatable bonds is 12. The summed E-state index contributed by atoms with van der Waals surface area (Å²) in [5.74, 6) is -1.05. The Labute approximate surface area is 222 Å². The summed E-state index contributed by atoms with van der Waals surface area (Å²) in [6, 6.07) is 20.4. The molecule has 37 heavy (non-hydrogen) atoms. The largest absolute Gasteiger partial charge is 0.355 e. The molecule has 0 radical (unpaired) electrons. The van der Waals surface area contributed by atoms with Crippen LogP contribution in [0.3, 0.4) is 0 Å². The molecular formula is C27H30FN3O4S2. The van der Waals surface area contributed by atoms with Crippen LogP contribution in [0, 0.1) is 5.82 Å². The van der Waals surface area contributed by atoms with Crippen LogP contribution >= 0.6 is 12.6 Å². The third kappa shape index (κ3) is 8.70. The van der Waals surface area contributed by atoms with E-state index in [2.05, 4.69) is 23.3 Å². The standard InChI is InChI=1S/C27H30FN3O4S2/c1-19(32)31-37(34,35)26-9-5-3-7-24(26)21-12-10-20(11-13-21)17-29-15-14-27(33)30-18-23(36)16-22-6-2-4-8-25(22)28/h2-13,23,29,36H,14-18H2,1H3,(H,30,33)(H,31,32)/t23-/m1/s1. The average Bonchev–Trinajstić information content (AvgIpc) is 2.86. The monoisotopic (exact) mass is 543 g/mol. The molecule has 3 rings (SSSR count). The summed E-state index contributed by atoms with van der Waals surface area (Å²) in [6.45, 7) is 2.49. The second kappa shape index (κ2) is 13.4. The summed E-state index contributed by atoms with van der Waals surface area (Å²) in [4.78, 5) is 23.5. The Hall–Kier alpha value is -3.21. The fourth-order valence-corrected chi connectivity index (χ4v) is 5.24. The number of halogens is 1. The number of carbonyl (C=O) groups is 2. The number of hydrogen-bond donors (Lipinski definition) is 4. The van der Waals surface area contributed by atoms with E-state index in [0.717, 1.165) is 12.5 Å². The van der Waals surface area contributed by atoms with Crippen molar-refractivity contribution >= 4 is 34.5 Å². The normalized spacial score (nSPS) is 12.1. The Morgan fingerprint density at radius 3 is 2.35 bits per heavy atom. The van der Waals surface area contributed by atoms with Gasteiger partial charge in [-0.2, -0.15) is 12.6 Å². The highest BCUT2D eigenvalue weighted by atomic mass is 32.2. The summed E-state index contributed by atoms with van der Waals surface area (Å²) in [6.07, 6.45) is 0.709. The van der Waals surface area contributed by atoms with Crippen LogP contribution in [0.5, 0.6) is 0 Å². The third-order valence-corrected chi connectivity index (χ3v) is 7.38. The number of carbonyl (C=O) groups excluding carboxylic acids is 2. The first-order chi connectivity index (χ1) is 17.7. The number of nitrogens with one attached hydrogen (secondary N) is 3. The maximum Gasteiger partial charge on any atom is 0.264 e. The molecule has 0 heterocycles. The maximum atomic E-state index is 13.7. The first kappa shape index (κ1) is 28.4. The Kier molecular flexibility index (Phi) is 10.2. The second-order valence-corrected chi connectivity index (χ2v) is 10.9. The highest BCUT2D eigenvalue weighted by Crippen LogP contribution is 2.27. The fourth-order valence-electron chi connectivity index (χ4n) is 3.73. The molecule has 10 heteroatoms. The molecule has 0 aliphatic heterocycles. The summed E-state index contributed by atoms with van der Waals surface area (Å²) < 4.78 is 40.8. The quantitative estimate of drug-likeness (QED) is 0.207. The van der Waals surface area contributed by atoms with Gasteiger partial charge in [0.15, 0.2) is 0 Å². The third-order valence-electron chi connectivity index (χ3n) is 5.53. The number of benzene rings is 3. The molecule has 0 aliphatic carbocycles. The number of hydrogen-bond acceptors (Lipinski definition) is 6. The lowest BCUT2D eigenvalue weighted by atomic mass is 10.0. The number of thiol groups is 1. The molecule has 0 saturated heterocycles. The van der Waals surface area contributed by atoms with Crippen molar-refractivity contribution in [2.75, 3.05) is 13.1 Å². The Morgan fingerprint density at radius 1 is 0.973 bits per heavy atom. The minimum absolute atomic E-state index is 0.0273. The zero-order valence-electron chi connectivity index (χ0n) is 20.4. The second-order valence-electron chi connectivity index (χ2n) is 8.53. The molecule has 0 saturated carbocycles. The van der Waals surface area contributed by atoms with Crippen molar-refractivity contribution in [3.8, 4) is 11.1 Å². The SMILES string of the molecule is CC(=O)NS(=O)(=O)c1ccccc1-c1ccc(CNCCC(=O)NC[C@H](S)Cc2ccccc2F)cc1. The van der Waals surface area contributed by atoms with Crippen molar-refractivity contribution < 1.29 is 22.4 Å². The van der Waals surface area contributed by atoms with Crippen molar-refractivity contribution in [3.05, 3.63) is 89.7 Å². The van der Waals surface area contributed by atoms with Crippen LogP contribution in [-0.2, 0) is 32.6 Å². The van der Waals surface area contributed by atoms with Crippen LogP contribution in [0.25, 0.3) is 11.1 Å². The van der Waals surface area contributed by atoms with Gasteiger partial charge in [0.1, 0.15) is 5.82 Å². The van der Waals surface area contributed by atoms with E-state index in [1.807, 2.05) is 29.0 Å². The molecule has 0 fully saturated rings. The Balaban J connectivity index is 1.45. The summed E-state index contributed by atoms with van der Waals surface area (Å²) in [5.41, 5.74) is 2.73. The van der Waals surface area contributed by atoms with Crippen molar-refractivity contribution in [2.24, 2.45) is 0 Å². The molecule has 196 valence electrons. The van der Waals surface area contributed by atoms with Crippen molar-refractivity contribution in [2.45, 2.75) is 36.5 Å². The number of sulfonamides is 1. The maximum absolute atomic E-state index is 13.7. The van der Waals surface area contributed by atoms with E-state index in [4.69, 9.17) is 0 Å². The van der Waals surface area contributed by atoms with Crippen LogP contribution in [0.4, 0.5) is 4.39 Å². The van der Waals surface area contributed by atoms with E-state index in [-0.39, 0.29) is 28.3 Å². The van der Waals surface area contributed by atoms with Gasteiger partial charge in [-0.3, -0.25) is 9.59 Å². The van der Waals surface area contributed by atoms with Gasteiger partial charge in [0.05, 0.1) is 4.90 Å². The molecule has 0 spiro atoms. The van der Waals surface area contributed by atoms with Crippen LogP contribution < -0.4 is 15.4 Å². The molecule has 3 N–H and O–H groups in total. The Morgan fingerprint density at radius 2 is 1.65 bits per heavy atom. The van der Waals surface area contributed by atoms with Gasteiger partial charge >= 0.3 is 0 Å². The Bertz CT molecular complexity index is 1330. The van der Waals surface area contributed by atoms with Crippen molar-refractivity contribution in [3.63, 3.8) is 0 Å². The van der Waals surface area contributed by atoms with E-state index in [9.17, 15) is 22.4 Å². The van der Waals surface area contributed by atoms with Gasteiger partial charge < -0.3 is 10.6 Å². The lowest BCUT2D eigenvalue weighted by Crippen LogP contribution is -2.32. The molecular weight excluding hydrogens is 513 g/mol. The molecule has 0 bridgehead atoms. The van der Waals surface area contributed by atoms with Gasteiger partial charge in [0, 0.05) is 43.8 Å². The molecule has 7 nitrogen and oxygen atoms in total. The van der Waals surface area contributed by atoms with Crippen LogP contribution in [0.1, 0.15) is 24.5 Å². The van der Waals surface area contributed by atoms with Gasteiger partial charge in [0.2, 0.25) is 11.8 Å². The smallest absolute Gasteiger partial charge is 0.264 e. The average molecular weight is 544 g/mol. The van der Waals surface area contributed by atoms with E-state index in [1.54, 1.807) is 36.4 Å². The van der Waals surface area contributed by atoms with E-state index < -0.39 is 15.9 Å². The minimum Gasteiger partial charge on any atom is -0.355 e. The van der Waals surface area contributed by atoms with E-state index in [1.165, 1.54) is 12.1 Å². The van der Waals surface area contributed by atoms with E-state index in [0.29, 0.717) is 42.7 Å². The zero-order chi connectivity index (χ0) is 26.8. The van der Waals surface area contributed by atoms with Gasteiger partial charge in [-0.25, -0.2) is 17.5 Å². The molecule has 1 atom stereocenters.